The second kappa shape index (κ2) is 12.9. The fourth-order valence-corrected chi connectivity index (χ4v) is 4.32. The predicted octanol–water partition coefficient (Wildman–Crippen LogP) is 5.45. The van der Waals surface area contributed by atoms with Gasteiger partial charge in [0.25, 0.3) is 5.91 Å². The first-order valence-corrected chi connectivity index (χ1v) is 11.9. The number of hydrogen-bond acceptors (Lipinski definition) is 4. The first kappa shape index (κ1) is 25.4. The van der Waals surface area contributed by atoms with Crippen LogP contribution < -0.4 is 10.2 Å². The average molecular weight is 448 g/mol. The van der Waals surface area contributed by atoms with Crippen LogP contribution in [-0.4, -0.2) is 51.0 Å². The molecule has 6 heteroatoms. The van der Waals surface area contributed by atoms with E-state index >= 15 is 0 Å². The van der Waals surface area contributed by atoms with Crippen molar-refractivity contribution in [2.45, 2.75) is 59.4 Å². The summed E-state index contributed by atoms with van der Waals surface area (Å²) in [6.45, 7) is 11.3. The molecule has 1 aromatic rings. The molecule has 1 aliphatic rings. The lowest BCUT2D eigenvalue weighted by Crippen LogP contribution is -2.40. The van der Waals surface area contributed by atoms with E-state index < -0.39 is 0 Å². The second-order valence-electron chi connectivity index (χ2n) is 8.06. The van der Waals surface area contributed by atoms with E-state index in [1.54, 1.807) is 13.1 Å². The van der Waals surface area contributed by atoms with E-state index in [-0.39, 0.29) is 5.91 Å². The number of allylic oxidation sites excluding steroid dienone is 1. The summed E-state index contributed by atoms with van der Waals surface area (Å²) in [6, 6.07) is 4.14. The number of anilines is 1. The molecule has 1 heterocycles. The van der Waals surface area contributed by atoms with Gasteiger partial charge in [-0.3, -0.25) is 9.79 Å². The number of hydrogen-bond donors (Lipinski definition) is 1. The number of rotatable bonds is 10. The summed E-state index contributed by atoms with van der Waals surface area (Å²) in [7, 11) is 1.76. The van der Waals surface area contributed by atoms with Crippen LogP contribution in [0, 0.1) is 12.8 Å². The largest absolute Gasteiger partial charge is 0.381 e. The second-order valence-corrected chi connectivity index (χ2v) is 8.50. The molecular formula is C25H38ClN3O2. The number of nitrogens with one attached hydrogen (secondary N) is 1. The van der Waals surface area contributed by atoms with Crippen molar-refractivity contribution in [2.24, 2.45) is 10.9 Å². The Labute approximate surface area is 192 Å². The highest BCUT2D eigenvalue weighted by molar-refractivity contribution is 6.31. The zero-order valence-electron chi connectivity index (χ0n) is 19.7. The van der Waals surface area contributed by atoms with Gasteiger partial charge in [0.1, 0.15) is 0 Å². The first-order chi connectivity index (χ1) is 14.9. The molecule has 0 radical (unpaired) electrons. The Morgan fingerprint density at radius 1 is 1.29 bits per heavy atom. The third-order valence-corrected chi connectivity index (χ3v) is 6.42. The van der Waals surface area contributed by atoms with Gasteiger partial charge in [-0.1, -0.05) is 31.5 Å². The van der Waals surface area contributed by atoms with Gasteiger partial charge in [-0.05, 0) is 69.2 Å². The maximum atomic E-state index is 13.0. The van der Waals surface area contributed by atoms with Crippen LogP contribution in [0.2, 0.25) is 5.02 Å². The number of ether oxygens (including phenoxy) is 1. The SMILES string of the molecule is CCC(C=CC(CNC(=O)c1cc(Cl)cc(N(CC)C2CCOCC2)c1C)=NC)CC. The number of carbonyl (C=O) groups is 1. The highest BCUT2D eigenvalue weighted by Gasteiger charge is 2.24. The minimum Gasteiger partial charge on any atom is -0.381 e. The molecule has 0 spiro atoms. The maximum Gasteiger partial charge on any atom is 0.251 e. The Bertz CT molecular complexity index is 781. The molecule has 1 amide bonds. The van der Waals surface area contributed by atoms with Gasteiger partial charge in [0.15, 0.2) is 0 Å². The number of aliphatic imine (C=N–C) groups is 1. The van der Waals surface area contributed by atoms with Crippen LogP contribution in [0.15, 0.2) is 29.3 Å². The smallest absolute Gasteiger partial charge is 0.251 e. The lowest BCUT2D eigenvalue weighted by Gasteiger charge is -2.36. The molecule has 1 aromatic carbocycles. The van der Waals surface area contributed by atoms with Crippen LogP contribution in [0.3, 0.4) is 0 Å². The molecule has 1 N–H and O–H groups in total. The molecule has 0 bridgehead atoms. The Hall–Kier alpha value is -1.85. The lowest BCUT2D eigenvalue weighted by molar-refractivity contribution is 0.0846. The molecule has 0 atom stereocenters. The van der Waals surface area contributed by atoms with E-state index in [1.165, 1.54) is 0 Å². The molecule has 0 unspecified atom stereocenters. The molecule has 172 valence electrons. The lowest BCUT2D eigenvalue weighted by atomic mass is 10.0. The van der Waals surface area contributed by atoms with E-state index in [9.17, 15) is 4.79 Å². The molecular weight excluding hydrogens is 410 g/mol. The minimum absolute atomic E-state index is 0.124. The Kier molecular flexibility index (Phi) is 10.6. The van der Waals surface area contributed by atoms with E-state index in [0.717, 1.165) is 62.4 Å². The van der Waals surface area contributed by atoms with Crippen LogP contribution in [0.25, 0.3) is 0 Å². The molecule has 5 nitrogen and oxygen atoms in total. The summed E-state index contributed by atoms with van der Waals surface area (Å²) in [5.74, 6) is 0.414. The highest BCUT2D eigenvalue weighted by atomic mass is 35.5. The standard InChI is InChI=1S/C25H38ClN3O2/c1-6-19(7-2)9-10-21(27-5)17-28-25(30)23-15-20(26)16-24(18(23)4)29(8-3)22-11-13-31-14-12-22/h9-10,15-16,19,22H,6-8,11-14,17H2,1-5H3,(H,28,30). The molecule has 2 rings (SSSR count). The van der Waals surface area contributed by atoms with Crippen LogP contribution in [0.1, 0.15) is 62.4 Å². The quantitative estimate of drug-likeness (QED) is 0.485. The van der Waals surface area contributed by atoms with Gasteiger partial charge >= 0.3 is 0 Å². The van der Waals surface area contributed by atoms with Crippen LogP contribution in [-0.2, 0) is 4.74 Å². The predicted molar refractivity (Wildman–Crippen MR) is 132 cm³/mol. The zero-order valence-corrected chi connectivity index (χ0v) is 20.5. The number of amides is 1. The summed E-state index contributed by atoms with van der Waals surface area (Å²) in [6.07, 6.45) is 8.38. The molecule has 1 fully saturated rings. The van der Waals surface area contributed by atoms with Gasteiger partial charge in [-0.15, -0.1) is 0 Å². The van der Waals surface area contributed by atoms with E-state index in [1.807, 2.05) is 19.1 Å². The topological polar surface area (TPSA) is 53.9 Å². The number of carbonyl (C=O) groups excluding carboxylic acids is 1. The van der Waals surface area contributed by atoms with Gasteiger partial charge in [0.2, 0.25) is 0 Å². The fourth-order valence-electron chi connectivity index (χ4n) is 4.11. The van der Waals surface area contributed by atoms with Gasteiger partial charge in [0, 0.05) is 49.1 Å². The fraction of sp³-hybridized carbons (Fsp3) is 0.600. The van der Waals surface area contributed by atoms with Crippen LogP contribution in [0.4, 0.5) is 5.69 Å². The van der Waals surface area contributed by atoms with Gasteiger partial charge in [-0.2, -0.15) is 0 Å². The van der Waals surface area contributed by atoms with Crippen molar-refractivity contribution in [3.63, 3.8) is 0 Å². The first-order valence-electron chi connectivity index (χ1n) is 11.5. The zero-order chi connectivity index (χ0) is 22.8. The van der Waals surface area contributed by atoms with E-state index in [2.05, 4.69) is 42.1 Å². The number of halogens is 1. The Morgan fingerprint density at radius 3 is 2.55 bits per heavy atom. The normalized spacial score (nSPS) is 15.6. The highest BCUT2D eigenvalue weighted by Crippen LogP contribution is 2.31. The van der Waals surface area contributed by atoms with E-state index in [4.69, 9.17) is 16.3 Å². The summed E-state index contributed by atoms with van der Waals surface area (Å²) >= 11 is 6.45. The monoisotopic (exact) mass is 447 g/mol. The Balaban J connectivity index is 2.17. The molecule has 1 aliphatic heterocycles. The van der Waals surface area contributed by atoms with E-state index in [0.29, 0.717) is 29.1 Å². The Morgan fingerprint density at radius 2 is 1.97 bits per heavy atom. The average Bonchev–Trinajstić information content (AvgIpc) is 2.79. The minimum atomic E-state index is -0.124. The van der Waals surface area contributed by atoms with Gasteiger partial charge in [-0.25, -0.2) is 0 Å². The third kappa shape index (κ3) is 7.08. The van der Waals surface area contributed by atoms with Crippen molar-refractivity contribution in [2.75, 3.05) is 38.3 Å². The summed E-state index contributed by atoms with van der Waals surface area (Å²) in [5, 5.41) is 3.60. The van der Waals surface area contributed by atoms with Gasteiger partial charge in [0.05, 0.1) is 12.3 Å². The van der Waals surface area contributed by atoms with Crippen molar-refractivity contribution < 1.29 is 9.53 Å². The van der Waals surface area contributed by atoms with Crippen LogP contribution in [0.5, 0.6) is 0 Å². The summed E-state index contributed by atoms with van der Waals surface area (Å²) in [4.78, 5) is 19.7. The van der Waals surface area contributed by atoms with Crippen molar-refractivity contribution in [3.8, 4) is 0 Å². The summed E-state index contributed by atoms with van der Waals surface area (Å²) in [5.41, 5.74) is 3.47. The number of nitrogens with zero attached hydrogens (tertiary/aromatic N) is 2. The molecule has 0 saturated carbocycles. The van der Waals surface area contributed by atoms with Crippen LogP contribution >= 0.6 is 11.6 Å². The maximum absolute atomic E-state index is 13.0. The van der Waals surface area contributed by atoms with Crippen molar-refractivity contribution in [1.29, 1.82) is 0 Å². The molecule has 31 heavy (non-hydrogen) atoms. The third-order valence-electron chi connectivity index (χ3n) is 6.20. The van der Waals surface area contributed by atoms with Gasteiger partial charge < -0.3 is 15.0 Å². The van der Waals surface area contributed by atoms with Crippen molar-refractivity contribution >= 4 is 28.9 Å². The molecule has 0 aliphatic carbocycles. The summed E-state index contributed by atoms with van der Waals surface area (Å²) < 4.78 is 5.53. The molecule has 1 saturated heterocycles. The number of benzene rings is 1. The van der Waals surface area contributed by atoms with Crippen molar-refractivity contribution in [3.05, 3.63) is 40.4 Å². The van der Waals surface area contributed by atoms with Crippen molar-refractivity contribution in [1.82, 2.24) is 5.32 Å². The molecule has 0 aromatic heterocycles.